The monoisotopic (exact) mass is 238 g/mol. The van der Waals surface area contributed by atoms with E-state index in [0.717, 1.165) is 31.9 Å². The lowest BCUT2D eigenvalue weighted by molar-refractivity contribution is 0.0707. The van der Waals surface area contributed by atoms with Gasteiger partial charge in [-0.05, 0) is 32.4 Å². The standard InChI is InChI=1S/C13H22N2O2/c1-10(8-12-9-16-7-5-14-12)15-11(2)13-4-3-6-17-13/h3-4,6,10-12,14-15H,5,7-9H2,1-2H3. The van der Waals surface area contributed by atoms with E-state index in [1.165, 1.54) is 0 Å². The Labute approximate surface area is 103 Å². The molecule has 0 aromatic carbocycles. The zero-order valence-electron chi connectivity index (χ0n) is 10.6. The largest absolute Gasteiger partial charge is 0.468 e. The molecule has 1 saturated heterocycles. The van der Waals surface area contributed by atoms with Crippen molar-refractivity contribution in [2.24, 2.45) is 0 Å². The van der Waals surface area contributed by atoms with Crippen LogP contribution in [0.2, 0.25) is 0 Å². The van der Waals surface area contributed by atoms with Gasteiger partial charge < -0.3 is 19.8 Å². The molecule has 3 unspecified atom stereocenters. The molecule has 0 amide bonds. The lowest BCUT2D eigenvalue weighted by Gasteiger charge is -2.27. The van der Waals surface area contributed by atoms with E-state index in [9.17, 15) is 0 Å². The first-order valence-electron chi connectivity index (χ1n) is 6.36. The Kier molecular flexibility index (Phi) is 4.59. The van der Waals surface area contributed by atoms with Gasteiger partial charge in [0.1, 0.15) is 5.76 Å². The fourth-order valence-electron chi connectivity index (χ4n) is 2.31. The fraction of sp³-hybridized carbons (Fsp3) is 0.692. The van der Waals surface area contributed by atoms with Gasteiger partial charge in [-0.15, -0.1) is 0 Å². The van der Waals surface area contributed by atoms with Crippen molar-refractivity contribution < 1.29 is 9.15 Å². The minimum absolute atomic E-state index is 0.254. The van der Waals surface area contributed by atoms with Crippen LogP contribution in [-0.2, 0) is 4.74 Å². The van der Waals surface area contributed by atoms with Crippen LogP contribution in [0.5, 0.6) is 0 Å². The van der Waals surface area contributed by atoms with Gasteiger partial charge in [0.2, 0.25) is 0 Å². The van der Waals surface area contributed by atoms with E-state index in [1.807, 2.05) is 12.1 Å². The molecule has 4 heteroatoms. The predicted octanol–water partition coefficient (Wildman–Crippen LogP) is 1.70. The SMILES string of the molecule is CC(CC1COCCN1)NC(C)c1ccco1. The van der Waals surface area contributed by atoms with Crippen LogP contribution in [0.3, 0.4) is 0 Å². The number of ether oxygens (including phenoxy) is 1. The van der Waals surface area contributed by atoms with Crippen molar-refractivity contribution in [2.75, 3.05) is 19.8 Å². The van der Waals surface area contributed by atoms with Gasteiger partial charge in [0.15, 0.2) is 0 Å². The maximum Gasteiger partial charge on any atom is 0.120 e. The van der Waals surface area contributed by atoms with E-state index >= 15 is 0 Å². The van der Waals surface area contributed by atoms with Crippen LogP contribution in [0.1, 0.15) is 32.1 Å². The summed E-state index contributed by atoms with van der Waals surface area (Å²) in [4.78, 5) is 0. The van der Waals surface area contributed by atoms with Gasteiger partial charge in [0.05, 0.1) is 25.5 Å². The van der Waals surface area contributed by atoms with Crippen molar-refractivity contribution in [1.82, 2.24) is 10.6 Å². The van der Waals surface area contributed by atoms with Crippen molar-refractivity contribution in [1.29, 1.82) is 0 Å². The normalized spacial score (nSPS) is 24.5. The fourth-order valence-corrected chi connectivity index (χ4v) is 2.31. The number of nitrogens with one attached hydrogen (secondary N) is 2. The molecule has 1 aromatic heterocycles. The smallest absolute Gasteiger partial charge is 0.120 e. The molecule has 3 atom stereocenters. The van der Waals surface area contributed by atoms with E-state index in [-0.39, 0.29) is 6.04 Å². The van der Waals surface area contributed by atoms with Crippen LogP contribution >= 0.6 is 0 Å². The second-order valence-electron chi connectivity index (χ2n) is 4.77. The van der Waals surface area contributed by atoms with Crippen LogP contribution in [0.4, 0.5) is 0 Å². The highest BCUT2D eigenvalue weighted by molar-refractivity contribution is 5.03. The predicted molar refractivity (Wildman–Crippen MR) is 66.9 cm³/mol. The van der Waals surface area contributed by atoms with Gasteiger partial charge in [-0.1, -0.05) is 0 Å². The highest BCUT2D eigenvalue weighted by atomic mass is 16.5. The van der Waals surface area contributed by atoms with Crippen LogP contribution in [0.25, 0.3) is 0 Å². The second-order valence-corrected chi connectivity index (χ2v) is 4.77. The molecular formula is C13H22N2O2. The van der Waals surface area contributed by atoms with Crippen LogP contribution < -0.4 is 10.6 Å². The van der Waals surface area contributed by atoms with E-state index in [4.69, 9.17) is 9.15 Å². The van der Waals surface area contributed by atoms with Crippen molar-refractivity contribution in [3.63, 3.8) is 0 Å². The molecule has 2 N–H and O–H groups in total. The van der Waals surface area contributed by atoms with E-state index in [2.05, 4.69) is 24.5 Å². The van der Waals surface area contributed by atoms with E-state index in [1.54, 1.807) is 6.26 Å². The average Bonchev–Trinajstić information content (AvgIpc) is 2.83. The van der Waals surface area contributed by atoms with Gasteiger partial charge in [0.25, 0.3) is 0 Å². The molecular weight excluding hydrogens is 216 g/mol. The summed E-state index contributed by atoms with van der Waals surface area (Å²) < 4.78 is 10.8. The molecule has 1 aromatic rings. The number of furan rings is 1. The Bertz CT molecular complexity index is 307. The summed E-state index contributed by atoms with van der Waals surface area (Å²) in [5.41, 5.74) is 0. The van der Waals surface area contributed by atoms with Gasteiger partial charge in [-0.3, -0.25) is 0 Å². The Balaban J connectivity index is 1.74. The Morgan fingerprint density at radius 2 is 2.41 bits per heavy atom. The number of hydrogen-bond acceptors (Lipinski definition) is 4. The highest BCUT2D eigenvalue weighted by Gasteiger charge is 2.18. The Hall–Kier alpha value is -0.840. The maximum atomic E-state index is 5.45. The molecule has 96 valence electrons. The first-order chi connectivity index (χ1) is 8.25. The molecule has 17 heavy (non-hydrogen) atoms. The van der Waals surface area contributed by atoms with Gasteiger partial charge >= 0.3 is 0 Å². The third-order valence-electron chi connectivity index (χ3n) is 3.14. The lowest BCUT2D eigenvalue weighted by atomic mass is 10.1. The summed E-state index contributed by atoms with van der Waals surface area (Å²) in [6, 6.07) is 5.09. The Morgan fingerprint density at radius 1 is 1.53 bits per heavy atom. The van der Waals surface area contributed by atoms with Crippen LogP contribution in [0.15, 0.2) is 22.8 Å². The molecule has 0 radical (unpaired) electrons. The van der Waals surface area contributed by atoms with Crippen LogP contribution in [-0.4, -0.2) is 31.8 Å². The lowest BCUT2D eigenvalue weighted by Crippen LogP contribution is -2.45. The summed E-state index contributed by atoms with van der Waals surface area (Å²) >= 11 is 0. The summed E-state index contributed by atoms with van der Waals surface area (Å²) in [5.74, 6) is 0.990. The number of rotatable bonds is 5. The summed E-state index contributed by atoms with van der Waals surface area (Å²) in [6.07, 6.45) is 2.79. The quantitative estimate of drug-likeness (QED) is 0.819. The average molecular weight is 238 g/mol. The van der Waals surface area contributed by atoms with Gasteiger partial charge in [0, 0.05) is 18.6 Å². The second kappa shape index (κ2) is 6.19. The molecule has 0 saturated carbocycles. The third kappa shape index (κ3) is 3.84. The third-order valence-corrected chi connectivity index (χ3v) is 3.14. The van der Waals surface area contributed by atoms with Crippen LogP contribution in [0, 0.1) is 0 Å². The van der Waals surface area contributed by atoms with Gasteiger partial charge in [-0.25, -0.2) is 0 Å². The first-order valence-corrected chi connectivity index (χ1v) is 6.36. The summed E-state index contributed by atoms with van der Waals surface area (Å²) in [6.45, 7) is 6.95. The highest BCUT2D eigenvalue weighted by Crippen LogP contribution is 2.14. The first kappa shape index (κ1) is 12.6. The van der Waals surface area contributed by atoms with Crippen molar-refractivity contribution >= 4 is 0 Å². The van der Waals surface area contributed by atoms with E-state index in [0.29, 0.717) is 12.1 Å². The number of hydrogen-bond donors (Lipinski definition) is 2. The molecule has 4 nitrogen and oxygen atoms in total. The van der Waals surface area contributed by atoms with Crippen molar-refractivity contribution in [3.8, 4) is 0 Å². The zero-order chi connectivity index (χ0) is 12.1. The van der Waals surface area contributed by atoms with Crippen molar-refractivity contribution in [2.45, 2.75) is 38.4 Å². The minimum Gasteiger partial charge on any atom is -0.468 e. The molecule has 1 fully saturated rings. The zero-order valence-corrected chi connectivity index (χ0v) is 10.6. The minimum atomic E-state index is 0.254. The molecule has 2 rings (SSSR count). The maximum absolute atomic E-state index is 5.45. The molecule has 0 bridgehead atoms. The molecule has 0 aliphatic carbocycles. The molecule has 2 heterocycles. The van der Waals surface area contributed by atoms with Crippen molar-refractivity contribution in [3.05, 3.63) is 24.2 Å². The molecule has 1 aliphatic heterocycles. The summed E-state index contributed by atoms with van der Waals surface area (Å²) in [7, 11) is 0. The summed E-state index contributed by atoms with van der Waals surface area (Å²) in [5, 5.41) is 7.01. The molecule has 1 aliphatic rings. The molecule has 0 spiro atoms. The van der Waals surface area contributed by atoms with E-state index < -0.39 is 0 Å². The number of morpholine rings is 1. The Morgan fingerprint density at radius 3 is 3.06 bits per heavy atom. The van der Waals surface area contributed by atoms with Gasteiger partial charge in [-0.2, -0.15) is 0 Å². The topological polar surface area (TPSA) is 46.4 Å².